The molecule has 3 aromatic rings. The fourth-order valence-electron chi connectivity index (χ4n) is 2.94. The predicted molar refractivity (Wildman–Crippen MR) is 95.0 cm³/mol. The van der Waals surface area contributed by atoms with Gasteiger partial charge in [0.2, 0.25) is 0 Å². The molecule has 0 aliphatic carbocycles. The number of unbranched alkanes of at least 4 members (excludes halogenated alkanes) is 3. The Morgan fingerprint density at radius 2 is 1.59 bits per heavy atom. The van der Waals surface area contributed by atoms with Crippen LogP contribution < -0.4 is 0 Å². The lowest BCUT2D eigenvalue weighted by Crippen LogP contribution is -1.95. The van der Waals surface area contributed by atoms with Gasteiger partial charge in [0.1, 0.15) is 0 Å². The lowest BCUT2D eigenvalue weighted by Gasteiger charge is -2.10. The molecule has 0 amide bonds. The summed E-state index contributed by atoms with van der Waals surface area (Å²) < 4.78 is 0. The molecule has 1 aromatic heterocycles. The third kappa shape index (κ3) is 3.36. The molecule has 1 heteroatoms. The van der Waals surface area contributed by atoms with Crippen molar-refractivity contribution in [2.24, 2.45) is 0 Å². The number of rotatable bonds is 6. The molecule has 1 heterocycles. The van der Waals surface area contributed by atoms with E-state index < -0.39 is 0 Å². The maximum Gasteiger partial charge on any atom is 0.0711 e. The van der Waals surface area contributed by atoms with Crippen molar-refractivity contribution in [1.82, 2.24) is 4.98 Å². The quantitative estimate of drug-likeness (QED) is 0.505. The van der Waals surface area contributed by atoms with Crippen LogP contribution in [0, 0.1) is 0 Å². The van der Waals surface area contributed by atoms with Crippen molar-refractivity contribution in [3.05, 3.63) is 66.4 Å². The molecule has 22 heavy (non-hydrogen) atoms. The van der Waals surface area contributed by atoms with Crippen molar-refractivity contribution in [3.63, 3.8) is 0 Å². The second-order valence-electron chi connectivity index (χ2n) is 5.85. The van der Waals surface area contributed by atoms with E-state index in [1.165, 1.54) is 47.7 Å². The van der Waals surface area contributed by atoms with E-state index in [1.54, 1.807) is 0 Å². The van der Waals surface area contributed by atoms with E-state index in [0.717, 1.165) is 12.1 Å². The molecule has 0 saturated carbocycles. The fourth-order valence-corrected chi connectivity index (χ4v) is 2.94. The van der Waals surface area contributed by atoms with Gasteiger partial charge in [-0.3, -0.25) is 4.98 Å². The van der Waals surface area contributed by atoms with Crippen molar-refractivity contribution in [3.8, 4) is 11.3 Å². The molecular weight excluding hydrogens is 266 g/mol. The van der Waals surface area contributed by atoms with E-state index in [1.807, 2.05) is 0 Å². The number of fused-ring (bicyclic) bond motifs is 1. The molecule has 0 aliphatic rings. The summed E-state index contributed by atoms with van der Waals surface area (Å²) in [5.41, 5.74) is 3.53. The molecular formula is C21H23N. The third-order valence-electron chi connectivity index (χ3n) is 4.16. The molecule has 0 unspecified atom stereocenters. The van der Waals surface area contributed by atoms with E-state index in [4.69, 9.17) is 4.98 Å². The Morgan fingerprint density at radius 3 is 2.41 bits per heavy atom. The van der Waals surface area contributed by atoms with Crippen molar-refractivity contribution in [2.45, 2.75) is 39.0 Å². The van der Waals surface area contributed by atoms with E-state index >= 15 is 0 Å². The standard InChI is InChI=1S/C21H23N/c1-2-3-4-8-15-20-19-14-10-9-13-18(19)16-21(22-20)17-11-6-5-7-12-17/h5-7,9-14,16H,2-4,8,15H2,1H3. The summed E-state index contributed by atoms with van der Waals surface area (Å²) in [5.74, 6) is 0. The zero-order valence-electron chi connectivity index (χ0n) is 13.3. The first-order chi connectivity index (χ1) is 10.9. The van der Waals surface area contributed by atoms with Crippen molar-refractivity contribution < 1.29 is 0 Å². The molecule has 0 bridgehead atoms. The van der Waals surface area contributed by atoms with Crippen LogP contribution in [-0.4, -0.2) is 4.98 Å². The summed E-state index contributed by atoms with van der Waals surface area (Å²) in [4.78, 5) is 4.97. The van der Waals surface area contributed by atoms with Crippen LogP contribution in [0.3, 0.4) is 0 Å². The fraction of sp³-hybridized carbons (Fsp3) is 0.286. The maximum atomic E-state index is 4.97. The summed E-state index contributed by atoms with van der Waals surface area (Å²) in [6, 6.07) is 21.3. The van der Waals surface area contributed by atoms with Gasteiger partial charge in [-0.05, 0) is 24.3 Å². The zero-order chi connectivity index (χ0) is 15.2. The van der Waals surface area contributed by atoms with E-state index in [2.05, 4.69) is 67.6 Å². The van der Waals surface area contributed by atoms with Gasteiger partial charge in [-0.25, -0.2) is 0 Å². The smallest absolute Gasteiger partial charge is 0.0711 e. The van der Waals surface area contributed by atoms with Crippen LogP contribution in [0.5, 0.6) is 0 Å². The highest BCUT2D eigenvalue weighted by Crippen LogP contribution is 2.25. The van der Waals surface area contributed by atoms with E-state index in [-0.39, 0.29) is 0 Å². The molecule has 3 rings (SSSR count). The normalized spacial score (nSPS) is 11.0. The number of nitrogens with zero attached hydrogens (tertiary/aromatic N) is 1. The summed E-state index contributed by atoms with van der Waals surface area (Å²) in [5, 5.41) is 2.60. The molecule has 2 aromatic carbocycles. The van der Waals surface area contributed by atoms with Gasteiger partial charge in [0.15, 0.2) is 0 Å². The number of aryl methyl sites for hydroxylation is 1. The third-order valence-corrected chi connectivity index (χ3v) is 4.16. The summed E-state index contributed by atoms with van der Waals surface area (Å²) >= 11 is 0. The van der Waals surface area contributed by atoms with Crippen LogP contribution in [-0.2, 0) is 6.42 Å². The van der Waals surface area contributed by atoms with E-state index in [0.29, 0.717) is 0 Å². The predicted octanol–water partition coefficient (Wildman–Crippen LogP) is 6.02. The highest BCUT2D eigenvalue weighted by Gasteiger charge is 2.07. The van der Waals surface area contributed by atoms with Crippen molar-refractivity contribution in [2.75, 3.05) is 0 Å². The van der Waals surface area contributed by atoms with Gasteiger partial charge < -0.3 is 0 Å². The summed E-state index contributed by atoms with van der Waals surface area (Å²) in [6.45, 7) is 2.25. The average molecular weight is 289 g/mol. The van der Waals surface area contributed by atoms with E-state index in [9.17, 15) is 0 Å². The molecule has 0 saturated heterocycles. The SMILES string of the molecule is CCCCCCc1nc(-c2ccccc2)cc2ccccc12. The van der Waals surface area contributed by atoms with Gasteiger partial charge in [0.25, 0.3) is 0 Å². The number of hydrogen-bond donors (Lipinski definition) is 0. The van der Waals surface area contributed by atoms with Crippen LogP contribution in [0.25, 0.3) is 22.0 Å². The Labute approximate surface area is 133 Å². The summed E-state index contributed by atoms with van der Waals surface area (Å²) in [7, 11) is 0. The highest BCUT2D eigenvalue weighted by molar-refractivity contribution is 5.87. The Balaban J connectivity index is 1.97. The molecule has 0 radical (unpaired) electrons. The highest BCUT2D eigenvalue weighted by atomic mass is 14.7. The lowest BCUT2D eigenvalue weighted by molar-refractivity contribution is 0.663. The molecule has 0 N–H and O–H groups in total. The van der Waals surface area contributed by atoms with Gasteiger partial charge >= 0.3 is 0 Å². The minimum absolute atomic E-state index is 1.07. The Morgan fingerprint density at radius 1 is 0.818 bits per heavy atom. The van der Waals surface area contributed by atoms with Crippen molar-refractivity contribution >= 4 is 10.8 Å². The molecule has 0 aliphatic heterocycles. The number of benzene rings is 2. The number of hydrogen-bond acceptors (Lipinski definition) is 1. The molecule has 1 nitrogen and oxygen atoms in total. The monoisotopic (exact) mass is 289 g/mol. The first-order valence-corrected chi connectivity index (χ1v) is 8.32. The Kier molecular flexibility index (Phi) is 4.85. The van der Waals surface area contributed by atoms with Gasteiger partial charge in [-0.2, -0.15) is 0 Å². The summed E-state index contributed by atoms with van der Waals surface area (Å²) in [6.07, 6.45) is 6.18. The molecule has 0 fully saturated rings. The van der Waals surface area contributed by atoms with Gasteiger partial charge in [-0.15, -0.1) is 0 Å². The largest absolute Gasteiger partial charge is 0.252 e. The van der Waals surface area contributed by atoms with Crippen molar-refractivity contribution in [1.29, 1.82) is 0 Å². The first-order valence-electron chi connectivity index (χ1n) is 8.32. The van der Waals surface area contributed by atoms with Crippen LogP contribution in [0.4, 0.5) is 0 Å². The van der Waals surface area contributed by atoms with Crippen LogP contribution in [0.2, 0.25) is 0 Å². The Bertz CT molecular complexity index is 731. The maximum absolute atomic E-state index is 4.97. The van der Waals surface area contributed by atoms with Crippen LogP contribution in [0.1, 0.15) is 38.3 Å². The van der Waals surface area contributed by atoms with Gasteiger partial charge in [0.05, 0.1) is 5.69 Å². The molecule has 112 valence electrons. The zero-order valence-corrected chi connectivity index (χ0v) is 13.3. The molecule has 0 spiro atoms. The van der Waals surface area contributed by atoms with Gasteiger partial charge in [-0.1, -0.05) is 80.8 Å². The van der Waals surface area contributed by atoms with Crippen LogP contribution >= 0.6 is 0 Å². The lowest BCUT2D eigenvalue weighted by atomic mass is 10.0. The minimum Gasteiger partial charge on any atom is -0.252 e. The van der Waals surface area contributed by atoms with Gasteiger partial charge in [0, 0.05) is 16.6 Å². The number of pyridine rings is 1. The first kappa shape index (κ1) is 14.8. The average Bonchev–Trinajstić information content (AvgIpc) is 2.59. The second-order valence-corrected chi connectivity index (χ2v) is 5.85. The molecule has 0 atom stereocenters. The topological polar surface area (TPSA) is 12.9 Å². The van der Waals surface area contributed by atoms with Crippen LogP contribution in [0.15, 0.2) is 60.7 Å². The second kappa shape index (κ2) is 7.22. The minimum atomic E-state index is 1.07. The Hall–Kier alpha value is -2.15. The number of aromatic nitrogens is 1.